The molecule has 0 spiro atoms. The molecule has 1 aliphatic heterocycles. The van der Waals surface area contributed by atoms with Gasteiger partial charge in [-0.3, -0.25) is 9.48 Å². The number of carbonyl (C=O) groups is 1. The monoisotopic (exact) mass is 379 g/mol. The van der Waals surface area contributed by atoms with Crippen LogP contribution in [-0.2, 0) is 16.4 Å². The molecule has 3 rings (SSSR count). The molecule has 1 fully saturated rings. The van der Waals surface area contributed by atoms with Gasteiger partial charge in [0, 0.05) is 24.8 Å². The maximum absolute atomic E-state index is 13.9. The van der Waals surface area contributed by atoms with Gasteiger partial charge in [0.1, 0.15) is 5.82 Å². The summed E-state index contributed by atoms with van der Waals surface area (Å²) in [5, 5.41) is 4.50. The molecule has 8 heteroatoms. The van der Waals surface area contributed by atoms with Gasteiger partial charge in [0.15, 0.2) is 9.84 Å². The zero-order chi connectivity index (χ0) is 19.1. The van der Waals surface area contributed by atoms with Crippen molar-refractivity contribution in [3.05, 3.63) is 52.6 Å². The third-order valence-electron chi connectivity index (χ3n) is 4.88. The molecule has 1 amide bonds. The average Bonchev–Trinajstić information content (AvgIpc) is 3.08. The fourth-order valence-corrected chi connectivity index (χ4v) is 5.09. The molecule has 26 heavy (non-hydrogen) atoms. The predicted octanol–water partition coefficient (Wildman–Crippen LogP) is 2.27. The quantitative estimate of drug-likeness (QED) is 0.817. The first-order chi connectivity index (χ1) is 12.2. The molecule has 1 aliphatic rings. The van der Waals surface area contributed by atoms with Crippen molar-refractivity contribution < 1.29 is 17.6 Å². The minimum atomic E-state index is -3.01. The first-order valence-corrected chi connectivity index (χ1v) is 10.3. The highest BCUT2D eigenvalue weighted by Crippen LogP contribution is 2.27. The van der Waals surface area contributed by atoms with E-state index in [1.807, 2.05) is 13.8 Å². The Hall–Kier alpha value is -2.22. The molecule has 0 aliphatic carbocycles. The van der Waals surface area contributed by atoms with E-state index in [2.05, 4.69) is 5.10 Å². The average molecular weight is 379 g/mol. The second-order valence-electron chi connectivity index (χ2n) is 6.79. The number of nitrogens with zero attached hydrogens (tertiary/aromatic N) is 3. The summed E-state index contributed by atoms with van der Waals surface area (Å²) in [7, 11) is -1.39. The number of carbonyl (C=O) groups excluding carboxylic acids is 1. The predicted molar refractivity (Wildman–Crippen MR) is 96.2 cm³/mol. The summed E-state index contributed by atoms with van der Waals surface area (Å²) in [6.07, 6.45) is 0.549. The summed E-state index contributed by atoms with van der Waals surface area (Å²) >= 11 is 0. The van der Waals surface area contributed by atoms with Crippen molar-refractivity contribution in [3.8, 4) is 0 Å². The number of rotatable bonds is 4. The van der Waals surface area contributed by atoms with Crippen LogP contribution in [0.25, 0.3) is 0 Å². The van der Waals surface area contributed by atoms with Crippen molar-refractivity contribution in [3.63, 3.8) is 0 Å². The smallest absolute Gasteiger partial charge is 0.256 e. The van der Waals surface area contributed by atoms with Crippen LogP contribution in [0.3, 0.4) is 0 Å². The van der Waals surface area contributed by atoms with Gasteiger partial charge in [-0.25, -0.2) is 12.8 Å². The largest absolute Gasteiger partial charge is 0.337 e. The van der Waals surface area contributed by atoms with Gasteiger partial charge in [0.05, 0.1) is 28.8 Å². The third-order valence-corrected chi connectivity index (χ3v) is 6.63. The minimum absolute atomic E-state index is 0.0274. The summed E-state index contributed by atoms with van der Waals surface area (Å²) in [5.74, 6) is -0.683. The number of halogens is 1. The summed E-state index contributed by atoms with van der Waals surface area (Å²) < 4.78 is 39.1. The second-order valence-corrected chi connectivity index (χ2v) is 9.02. The number of sulfone groups is 1. The van der Waals surface area contributed by atoms with E-state index < -0.39 is 21.6 Å². The lowest BCUT2D eigenvalue weighted by Crippen LogP contribution is -2.27. The van der Waals surface area contributed by atoms with E-state index in [1.165, 1.54) is 17.0 Å². The van der Waals surface area contributed by atoms with Gasteiger partial charge in [0.25, 0.3) is 5.91 Å². The molecule has 0 unspecified atom stereocenters. The topological polar surface area (TPSA) is 72.3 Å². The van der Waals surface area contributed by atoms with Crippen molar-refractivity contribution in [2.45, 2.75) is 32.9 Å². The van der Waals surface area contributed by atoms with Crippen LogP contribution in [0.1, 0.15) is 39.8 Å². The van der Waals surface area contributed by atoms with Crippen LogP contribution in [0.4, 0.5) is 4.39 Å². The zero-order valence-corrected chi connectivity index (χ0v) is 15.9. The van der Waals surface area contributed by atoms with E-state index in [-0.39, 0.29) is 29.7 Å². The Labute approximate surface area is 152 Å². The molecule has 6 nitrogen and oxygen atoms in total. The number of amides is 1. The van der Waals surface area contributed by atoms with Crippen molar-refractivity contribution in [2.24, 2.45) is 0 Å². The maximum atomic E-state index is 13.9. The number of benzene rings is 1. The summed E-state index contributed by atoms with van der Waals surface area (Å²) in [6.45, 7) is 4.00. The zero-order valence-electron chi connectivity index (χ0n) is 15.1. The molecular formula is C18H22FN3O3S. The molecular weight excluding hydrogens is 357 g/mol. The van der Waals surface area contributed by atoms with Crippen LogP contribution < -0.4 is 0 Å². The van der Waals surface area contributed by atoms with E-state index in [0.717, 1.165) is 17.0 Å². The molecule has 0 bridgehead atoms. The molecule has 1 atom stereocenters. The maximum Gasteiger partial charge on any atom is 0.256 e. The fraction of sp³-hybridized carbons (Fsp3) is 0.444. The van der Waals surface area contributed by atoms with Crippen molar-refractivity contribution in [2.75, 3.05) is 18.6 Å². The highest BCUT2D eigenvalue weighted by atomic mass is 32.2. The lowest BCUT2D eigenvalue weighted by Gasteiger charge is -2.18. The van der Waals surface area contributed by atoms with Crippen LogP contribution in [0.15, 0.2) is 24.3 Å². The van der Waals surface area contributed by atoms with Gasteiger partial charge < -0.3 is 4.90 Å². The Balaban J connectivity index is 1.82. The Bertz CT molecular complexity index is 953. The van der Waals surface area contributed by atoms with Crippen molar-refractivity contribution in [1.82, 2.24) is 14.7 Å². The van der Waals surface area contributed by atoms with E-state index in [1.54, 1.807) is 23.9 Å². The summed E-state index contributed by atoms with van der Waals surface area (Å²) in [4.78, 5) is 14.0. The van der Waals surface area contributed by atoms with Gasteiger partial charge in [-0.05, 0) is 32.4 Å². The standard InChI is InChI=1S/C18H22FN3O3S/c1-12-16(10-21(3)18(23)15-6-4-5-7-17(15)19)13(2)22(20-12)14-8-9-26(24,25)11-14/h4-7,14H,8-11H2,1-3H3/t14-/m1/s1. The lowest BCUT2D eigenvalue weighted by molar-refractivity contribution is 0.0780. The SMILES string of the molecule is Cc1nn([C@@H]2CCS(=O)(=O)C2)c(C)c1CN(C)C(=O)c1ccccc1F. The Kier molecular flexibility index (Phi) is 4.88. The van der Waals surface area contributed by atoms with E-state index in [4.69, 9.17) is 0 Å². The van der Waals surface area contributed by atoms with Crippen LogP contribution in [0.5, 0.6) is 0 Å². The second kappa shape index (κ2) is 6.83. The molecule has 2 heterocycles. The van der Waals surface area contributed by atoms with E-state index in [9.17, 15) is 17.6 Å². The highest BCUT2D eigenvalue weighted by Gasteiger charge is 2.31. The molecule has 1 aromatic heterocycles. The fourth-order valence-electron chi connectivity index (χ4n) is 3.40. The van der Waals surface area contributed by atoms with E-state index >= 15 is 0 Å². The Morgan fingerprint density at radius 1 is 1.35 bits per heavy atom. The molecule has 0 saturated carbocycles. The molecule has 1 aromatic carbocycles. The van der Waals surface area contributed by atoms with Crippen molar-refractivity contribution in [1.29, 1.82) is 0 Å². The molecule has 2 aromatic rings. The normalized spacial score (nSPS) is 18.8. The van der Waals surface area contributed by atoms with Gasteiger partial charge >= 0.3 is 0 Å². The van der Waals surface area contributed by atoms with E-state index in [0.29, 0.717) is 6.42 Å². The number of hydrogen-bond acceptors (Lipinski definition) is 4. The number of aromatic nitrogens is 2. The van der Waals surface area contributed by atoms with Crippen LogP contribution in [-0.4, -0.2) is 47.6 Å². The Morgan fingerprint density at radius 2 is 2.04 bits per heavy atom. The van der Waals surface area contributed by atoms with Crippen LogP contribution in [0.2, 0.25) is 0 Å². The van der Waals surface area contributed by atoms with Gasteiger partial charge in [-0.15, -0.1) is 0 Å². The molecule has 0 radical (unpaired) electrons. The summed E-state index contributed by atoms with van der Waals surface area (Å²) in [5.41, 5.74) is 2.49. The number of aryl methyl sites for hydroxylation is 1. The minimum Gasteiger partial charge on any atom is -0.337 e. The summed E-state index contributed by atoms with van der Waals surface area (Å²) in [6, 6.07) is 5.72. The van der Waals surface area contributed by atoms with Crippen molar-refractivity contribution >= 4 is 15.7 Å². The molecule has 140 valence electrons. The van der Waals surface area contributed by atoms with Crippen LogP contribution >= 0.6 is 0 Å². The van der Waals surface area contributed by atoms with Crippen LogP contribution in [0, 0.1) is 19.7 Å². The van der Waals surface area contributed by atoms with Gasteiger partial charge in [0.2, 0.25) is 0 Å². The third kappa shape index (κ3) is 3.51. The van der Waals surface area contributed by atoms with Gasteiger partial charge in [-0.2, -0.15) is 5.10 Å². The first kappa shape index (κ1) is 18.6. The Morgan fingerprint density at radius 3 is 2.65 bits per heavy atom. The molecule has 1 saturated heterocycles. The van der Waals surface area contributed by atoms with Gasteiger partial charge in [-0.1, -0.05) is 12.1 Å². The molecule has 0 N–H and O–H groups in total. The lowest BCUT2D eigenvalue weighted by atomic mass is 10.1. The number of hydrogen-bond donors (Lipinski definition) is 0. The first-order valence-electron chi connectivity index (χ1n) is 8.44. The highest BCUT2D eigenvalue weighted by molar-refractivity contribution is 7.91.